The Labute approximate surface area is 113 Å². The Morgan fingerprint density at radius 3 is 2.95 bits per heavy atom. The Hall–Kier alpha value is -2.09. The molecule has 2 aliphatic rings. The molecule has 0 aromatic heterocycles. The van der Waals surface area contributed by atoms with E-state index < -0.39 is 0 Å². The molecule has 0 aliphatic heterocycles. The van der Waals surface area contributed by atoms with Crippen molar-refractivity contribution in [2.24, 2.45) is 0 Å². The van der Waals surface area contributed by atoms with Crippen LogP contribution in [0.2, 0.25) is 0 Å². The van der Waals surface area contributed by atoms with Crippen LogP contribution in [0.4, 0.5) is 5.69 Å². The van der Waals surface area contributed by atoms with Crippen LogP contribution in [0, 0.1) is 0 Å². The molecule has 0 radical (unpaired) electrons. The maximum atomic E-state index is 12.1. The van der Waals surface area contributed by atoms with E-state index in [9.17, 15) is 4.79 Å². The fourth-order valence-electron chi connectivity index (χ4n) is 2.85. The zero-order valence-corrected chi connectivity index (χ0v) is 11.2. The molecule has 0 heterocycles. The molecule has 1 aromatic rings. The zero-order chi connectivity index (χ0) is 13.4. The first-order valence-electron chi connectivity index (χ1n) is 6.61. The van der Waals surface area contributed by atoms with Crippen LogP contribution in [-0.2, 0) is 4.79 Å². The molecule has 1 N–H and O–H groups in total. The number of benzene rings is 1. The van der Waals surface area contributed by atoms with Crippen molar-refractivity contribution < 1.29 is 4.79 Å². The number of carbonyl (C=O) groups is 1. The minimum atomic E-state index is 0.208. The summed E-state index contributed by atoms with van der Waals surface area (Å²) >= 11 is 0. The molecule has 1 unspecified atom stereocenters. The van der Waals surface area contributed by atoms with Gasteiger partial charge in [0.05, 0.1) is 0 Å². The van der Waals surface area contributed by atoms with Crippen LogP contribution in [0.1, 0.15) is 24.8 Å². The highest BCUT2D eigenvalue weighted by Gasteiger charge is 2.28. The van der Waals surface area contributed by atoms with Crippen LogP contribution >= 0.6 is 0 Å². The summed E-state index contributed by atoms with van der Waals surface area (Å²) in [5, 5.41) is 3.16. The van der Waals surface area contributed by atoms with Crippen molar-refractivity contribution in [3.63, 3.8) is 0 Å². The number of rotatable bonds is 2. The number of carbonyl (C=O) groups excluding carboxylic acids is 1. The zero-order valence-electron chi connectivity index (χ0n) is 11.2. The van der Waals surface area contributed by atoms with E-state index >= 15 is 0 Å². The average Bonchev–Trinajstić information content (AvgIpc) is 2.92. The highest BCUT2D eigenvalue weighted by molar-refractivity contribution is 6.10. The fourth-order valence-corrected chi connectivity index (χ4v) is 2.85. The first-order chi connectivity index (χ1) is 9.20. The van der Waals surface area contributed by atoms with E-state index in [1.807, 2.05) is 20.0 Å². The lowest BCUT2D eigenvalue weighted by molar-refractivity contribution is -0.112. The molecule has 3 rings (SSSR count). The summed E-state index contributed by atoms with van der Waals surface area (Å²) in [6.45, 7) is 1.92. The van der Waals surface area contributed by atoms with Gasteiger partial charge in [0, 0.05) is 24.2 Å². The van der Waals surface area contributed by atoms with Crippen LogP contribution < -0.4 is 5.32 Å². The molecular weight excluding hydrogens is 234 g/mol. The molecule has 19 heavy (non-hydrogen) atoms. The maximum absolute atomic E-state index is 12.1. The predicted octanol–water partition coefficient (Wildman–Crippen LogP) is 3.60. The van der Waals surface area contributed by atoms with E-state index in [4.69, 9.17) is 0 Å². The number of allylic oxidation sites excluding steroid dienone is 6. The van der Waals surface area contributed by atoms with Gasteiger partial charge in [0.1, 0.15) is 0 Å². The van der Waals surface area contributed by atoms with Gasteiger partial charge in [0.15, 0.2) is 5.78 Å². The normalized spacial score (nSPS) is 21.5. The first kappa shape index (κ1) is 12.0. The van der Waals surface area contributed by atoms with E-state index in [1.54, 1.807) is 0 Å². The Bertz CT molecular complexity index is 634. The van der Waals surface area contributed by atoms with Crippen LogP contribution in [-0.4, -0.2) is 12.8 Å². The predicted molar refractivity (Wildman–Crippen MR) is 78.3 cm³/mol. The summed E-state index contributed by atoms with van der Waals surface area (Å²) in [6, 6.07) is 8.39. The van der Waals surface area contributed by atoms with Crippen molar-refractivity contribution in [1.29, 1.82) is 0 Å². The van der Waals surface area contributed by atoms with E-state index in [0.717, 1.165) is 23.3 Å². The number of Topliss-reactive ketones (excluding diaryl/α,β-unsaturated/α-hetero) is 1. The summed E-state index contributed by atoms with van der Waals surface area (Å²) in [5.74, 6) is 0.417. The fraction of sp³-hybridized carbons (Fsp3) is 0.235. The molecule has 0 saturated carbocycles. The van der Waals surface area contributed by atoms with E-state index in [1.165, 1.54) is 11.1 Å². The number of hydrogen-bond acceptors (Lipinski definition) is 2. The summed E-state index contributed by atoms with van der Waals surface area (Å²) in [6.07, 6.45) is 7.06. The second-order valence-corrected chi connectivity index (χ2v) is 5.07. The van der Waals surface area contributed by atoms with Crippen molar-refractivity contribution in [2.75, 3.05) is 12.4 Å². The third-order valence-electron chi connectivity index (χ3n) is 3.89. The monoisotopic (exact) mass is 251 g/mol. The molecule has 0 fully saturated rings. The molecule has 1 atom stereocenters. The lowest BCUT2D eigenvalue weighted by Gasteiger charge is -2.22. The van der Waals surface area contributed by atoms with Gasteiger partial charge in [-0.1, -0.05) is 30.4 Å². The van der Waals surface area contributed by atoms with Crippen LogP contribution in [0.15, 0.2) is 59.2 Å². The van der Waals surface area contributed by atoms with Gasteiger partial charge in [0.2, 0.25) is 0 Å². The van der Waals surface area contributed by atoms with Gasteiger partial charge in [-0.15, -0.1) is 0 Å². The second-order valence-electron chi connectivity index (χ2n) is 5.07. The molecule has 0 amide bonds. The molecular formula is C17H17NO. The van der Waals surface area contributed by atoms with Gasteiger partial charge in [-0.3, -0.25) is 4.79 Å². The number of nitrogens with one attached hydrogen (secondary N) is 1. The standard InChI is InChI=1S/C17H17NO/c1-11-9-16(12-5-3-6-13(10-12)18-2)14-7-4-8-15(14)17(11)19/h3-7,9-10,16,18H,8H2,1-2H3. The summed E-state index contributed by atoms with van der Waals surface area (Å²) < 4.78 is 0. The summed E-state index contributed by atoms with van der Waals surface area (Å²) in [4.78, 5) is 12.1. The van der Waals surface area contributed by atoms with Gasteiger partial charge in [-0.25, -0.2) is 0 Å². The lowest BCUT2D eigenvalue weighted by atomic mass is 9.81. The van der Waals surface area contributed by atoms with Gasteiger partial charge >= 0.3 is 0 Å². The third kappa shape index (κ3) is 1.93. The van der Waals surface area contributed by atoms with Crippen molar-refractivity contribution in [1.82, 2.24) is 0 Å². The Morgan fingerprint density at radius 1 is 1.32 bits per heavy atom. The largest absolute Gasteiger partial charge is 0.388 e. The van der Waals surface area contributed by atoms with Gasteiger partial charge in [-0.2, -0.15) is 0 Å². The van der Waals surface area contributed by atoms with Gasteiger partial charge < -0.3 is 5.32 Å². The molecule has 2 aliphatic carbocycles. The van der Waals surface area contributed by atoms with Gasteiger partial charge in [-0.05, 0) is 42.2 Å². The third-order valence-corrected chi connectivity index (χ3v) is 3.89. The van der Waals surface area contributed by atoms with E-state index in [-0.39, 0.29) is 11.7 Å². The molecule has 0 bridgehead atoms. The molecule has 0 saturated heterocycles. The summed E-state index contributed by atoms with van der Waals surface area (Å²) in [7, 11) is 1.92. The van der Waals surface area contributed by atoms with Crippen molar-refractivity contribution >= 4 is 11.5 Å². The van der Waals surface area contributed by atoms with Crippen molar-refractivity contribution in [2.45, 2.75) is 19.3 Å². The average molecular weight is 251 g/mol. The van der Waals surface area contributed by atoms with Crippen LogP contribution in [0.5, 0.6) is 0 Å². The first-order valence-corrected chi connectivity index (χ1v) is 6.61. The molecule has 96 valence electrons. The quantitative estimate of drug-likeness (QED) is 0.870. The second kappa shape index (κ2) is 4.54. The topological polar surface area (TPSA) is 29.1 Å². The minimum absolute atomic E-state index is 0.208. The Balaban J connectivity index is 2.08. The SMILES string of the molecule is CNc1cccc(C2C=C(C)C(=O)C3=C2C=CC3)c1. The Morgan fingerprint density at radius 2 is 2.16 bits per heavy atom. The van der Waals surface area contributed by atoms with Crippen molar-refractivity contribution in [3.8, 4) is 0 Å². The maximum Gasteiger partial charge on any atom is 0.185 e. The van der Waals surface area contributed by atoms with Crippen molar-refractivity contribution in [3.05, 3.63) is 64.8 Å². The number of ketones is 1. The van der Waals surface area contributed by atoms with E-state index in [0.29, 0.717) is 0 Å². The highest BCUT2D eigenvalue weighted by Crippen LogP contribution is 2.39. The molecule has 0 spiro atoms. The minimum Gasteiger partial charge on any atom is -0.388 e. The lowest BCUT2D eigenvalue weighted by Crippen LogP contribution is -2.14. The number of hydrogen-bond donors (Lipinski definition) is 1. The van der Waals surface area contributed by atoms with E-state index in [2.05, 4.69) is 41.7 Å². The number of anilines is 1. The highest BCUT2D eigenvalue weighted by atomic mass is 16.1. The van der Waals surface area contributed by atoms with Gasteiger partial charge in [0.25, 0.3) is 0 Å². The molecule has 2 heteroatoms. The van der Waals surface area contributed by atoms with Crippen LogP contribution in [0.3, 0.4) is 0 Å². The molecule has 2 nitrogen and oxygen atoms in total. The Kier molecular flexibility index (Phi) is 2.86. The van der Waals surface area contributed by atoms with Crippen LogP contribution in [0.25, 0.3) is 0 Å². The molecule has 1 aromatic carbocycles. The smallest absolute Gasteiger partial charge is 0.185 e. The summed E-state index contributed by atoms with van der Waals surface area (Å²) in [5.41, 5.74) is 5.34.